The van der Waals surface area contributed by atoms with Crippen LogP contribution in [-0.2, 0) is 0 Å². The summed E-state index contributed by atoms with van der Waals surface area (Å²) >= 11 is 0. The summed E-state index contributed by atoms with van der Waals surface area (Å²) in [5.41, 5.74) is 1.19. The van der Waals surface area contributed by atoms with Crippen LogP contribution in [0.2, 0.25) is 0 Å². The van der Waals surface area contributed by atoms with Crippen LogP contribution in [0.3, 0.4) is 0 Å². The lowest BCUT2D eigenvalue weighted by Crippen LogP contribution is -2.11. The van der Waals surface area contributed by atoms with Crippen LogP contribution in [0.4, 0.5) is 8.78 Å². The highest BCUT2D eigenvalue weighted by Crippen LogP contribution is 2.15. The van der Waals surface area contributed by atoms with Gasteiger partial charge in [-0.3, -0.25) is 9.36 Å². The maximum atomic E-state index is 13.1. The van der Waals surface area contributed by atoms with Crippen LogP contribution in [0.1, 0.15) is 10.4 Å². The molecular weight excluding hydrogens is 250 g/mol. The number of carbonyl (C=O) groups excluding carboxylic acids is 1. The summed E-state index contributed by atoms with van der Waals surface area (Å²) in [6.45, 7) is 0. The van der Waals surface area contributed by atoms with E-state index in [4.69, 9.17) is 0 Å². The lowest BCUT2D eigenvalue weighted by atomic mass is 10.2. The summed E-state index contributed by atoms with van der Waals surface area (Å²) in [6.07, 6.45) is 1.34. The highest BCUT2D eigenvalue weighted by molar-refractivity contribution is 6.01. The van der Waals surface area contributed by atoms with Gasteiger partial charge in [0.2, 0.25) is 0 Å². The third-order valence-electron chi connectivity index (χ3n) is 2.78. The van der Waals surface area contributed by atoms with Crippen molar-refractivity contribution in [2.45, 2.75) is 0 Å². The Hall–Kier alpha value is -2.56. The first-order valence-corrected chi connectivity index (χ1v) is 5.58. The molecule has 1 aromatic heterocycles. The lowest BCUT2D eigenvalue weighted by Gasteiger charge is -2.03. The number of carbonyl (C=O) groups is 1. The summed E-state index contributed by atoms with van der Waals surface area (Å²) in [5.74, 6) is -2.09. The van der Waals surface area contributed by atoms with Gasteiger partial charge in [0.25, 0.3) is 5.91 Å². The third kappa shape index (κ3) is 1.99. The van der Waals surface area contributed by atoms with Crippen molar-refractivity contribution in [2.75, 3.05) is 0 Å². The zero-order chi connectivity index (χ0) is 13.4. The molecule has 0 N–H and O–H groups in total. The van der Waals surface area contributed by atoms with Crippen molar-refractivity contribution in [1.82, 2.24) is 9.55 Å². The zero-order valence-corrected chi connectivity index (χ0v) is 9.68. The minimum Gasteiger partial charge on any atom is -0.268 e. The van der Waals surface area contributed by atoms with Crippen LogP contribution < -0.4 is 0 Å². The van der Waals surface area contributed by atoms with E-state index in [0.717, 1.165) is 18.2 Å². The molecule has 0 saturated heterocycles. The predicted molar refractivity (Wildman–Crippen MR) is 65.8 cm³/mol. The summed E-state index contributed by atoms with van der Waals surface area (Å²) in [6, 6.07) is 9.76. The van der Waals surface area contributed by atoms with Gasteiger partial charge >= 0.3 is 0 Å². The SMILES string of the molecule is O=C(c1cc(F)cc(F)c1)n1cnc2ccccc21. The number of halogens is 2. The van der Waals surface area contributed by atoms with Crippen LogP contribution >= 0.6 is 0 Å². The fourth-order valence-corrected chi connectivity index (χ4v) is 1.94. The first kappa shape index (κ1) is 11.5. The molecule has 0 spiro atoms. The van der Waals surface area contributed by atoms with Crippen LogP contribution in [0.5, 0.6) is 0 Å². The maximum Gasteiger partial charge on any atom is 0.263 e. The van der Waals surface area contributed by atoms with Crippen molar-refractivity contribution in [3.05, 3.63) is 66.0 Å². The average Bonchev–Trinajstić information content (AvgIpc) is 2.80. The van der Waals surface area contributed by atoms with Gasteiger partial charge in [-0.25, -0.2) is 13.8 Å². The largest absolute Gasteiger partial charge is 0.268 e. The Morgan fingerprint density at radius 3 is 2.47 bits per heavy atom. The van der Waals surface area contributed by atoms with E-state index < -0.39 is 17.5 Å². The van der Waals surface area contributed by atoms with Crippen molar-refractivity contribution >= 4 is 16.9 Å². The second-order valence-corrected chi connectivity index (χ2v) is 4.07. The van der Waals surface area contributed by atoms with E-state index in [0.29, 0.717) is 11.0 Å². The number of hydrogen-bond donors (Lipinski definition) is 0. The summed E-state index contributed by atoms with van der Waals surface area (Å²) in [7, 11) is 0. The molecule has 5 heteroatoms. The van der Waals surface area contributed by atoms with Gasteiger partial charge in [0.1, 0.15) is 18.0 Å². The Balaban J connectivity index is 2.13. The molecule has 19 heavy (non-hydrogen) atoms. The van der Waals surface area contributed by atoms with Gasteiger partial charge in [-0.05, 0) is 24.3 Å². The van der Waals surface area contributed by atoms with Crippen LogP contribution in [0, 0.1) is 11.6 Å². The number of fused-ring (bicyclic) bond motifs is 1. The van der Waals surface area contributed by atoms with Gasteiger partial charge in [0.05, 0.1) is 11.0 Å². The molecule has 0 saturated carbocycles. The number of aromatic nitrogens is 2. The standard InChI is InChI=1S/C14H8F2N2O/c15-10-5-9(6-11(16)7-10)14(19)18-8-17-12-3-1-2-4-13(12)18/h1-8H. The van der Waals surface area contributed by atoms with E-state index in [1.165, 1.54) is 10.9 Å². The minimum atomic E-state index is -0.784. The Bertz CT molecular complexity index is 760. The number of imidazole rings is 1. The lowest BCUT2D eigenvalue weighted by molar-refractivity contribution is 0.0963. The van der Waals surface area contributed by atoms with Gasteiger partial charge < -0.3 is 0 Å². The highest BCUT2D eigenvalue weighted by atomic mass is 19.1. The summed E-state index contributed by atoms with van der Waals surface area (Å²) < 4.78 is 27.5. The number of nitrogens with zero attached hydrogens (tertiary/aromatic N) is 2. The highest BCUT2D eigenvalue weighted by Gasteiger charge is 2.14. The zero-order valence-electron chi connectivity index (χ0n) is 9.68. The van der Waals surface area contributed by atoms with Crippen molar-refractivity contribution in [2.24, 2.45) is 0 Å². The van der Waals surface area contributed by atoms with Crippen LogP contribution in [0.15, 0.2) is 48.8 Å². The molecule has 94 valence electrons. The molecule has 0 aliphatic rings. The molecule has 3 aromatic rings. The fourth-order valence-electron chi connectivity index (χ4n) is 1.94. The van der Waals surface area contributed by atoms with Gasteiger partial charge in [-0.2, -0.15) is 0 Å². The second kappa shape index (κ2) is 4.28. The first-order valence-electron chi connectivity index (χ1n) is 5.58. The monoisotopic (exact) mass is 258 g/mol. The Morgan fingerprint density at radius 1 is 1.05 bits per heavy atom. The first-order chi connectivity index (χ1) is 9.15. The molecule has 0 bridgehead atoms. The fraction of sp³-hybridized carbons (Fsp3) is 0. The van der Waals surface area contributed by atoms with Crippen LogP contribution in [0.25, 0.3) is 11.0 Å². The Kier molecular flexibility index (Phi) is 2.59. The van der Waals surface area contributed by atoms with E-state index in [-0.39, 0.29) is 5.56 Å². The molecule has 0 aliphatic heterocycles. The molecule has 0 aliphatic carbocycles. The number of benzene rings is 2. The van der Waals surface area contributed by atoms with Gasteiger partial charge in [0.15, 0.2) is 0 Å². The Labute approximate surface area is 107 Å². The quantitative estimate of drug-likeness (QED) is 0.672. The Morgan fingerprint density at radius 2 is 1.74 bits per heavy atom. The van der Waals surface area contributed by atoms with Gasteiger partial charge in [-0.1, -0.05) is 12.1 Å². The molecule has 0 fully saturated rings. The summed E-state index contributed by atoms with van der Waals surface area (Å²) in [5, 5.41) is 0. The molecular formula is C14H8F2N2O. The molecule has 3 rings (SSSR count). The molecule has 0 radical (unpaired) electrons. The molecule has 0 unspecified atom stereocenters. The van der Waals surface area contributed by atoms with E-state index in [1.54, 1.807) is 24.3 Å². The van der Waals surface area contributed by atoms with E-state index in [9.17, 15) is 13.6 Å². The molecule has 1 heterocycles. The third-order valence-corrected chi connectivity index (χ3v) is 2.78. The van der Waals surface area contributed by atoms with Crippen molar-refractivity contribution < 1.29 is 13.6 Å². The maximum absolute atomic E-state index is 13.1. The number of para-hydroxylation sites is 2. The van der Waals surface area contributed by atoms with E-state index in [2.05, 4.69) is 4.98 Å². The second-order valence-electron chi connectivity index (χ2n) is 4.07. The summed E-state index contributed by atoms with van der Waals surface area (Å²) in [4.78, 5) is 16.3. The molecule has 3 nitrogen and oxygen atoms in total. The molecule has 0 atom stereocenters. The van der Waals surface area contributed by atoms with Gasteiger partial charge in [0, 0.05) is 11.6 Å². The van der Waals surface area contributed by atoms with Crippen LogP contribution in [-0.4, -0.2) is 15.5 Å². The average molecular weight is 258 g/mol. The van der Waals surface area contributed by atoms with Crippen molar-refractivity contribution in [1.29, 1.82) is 0 Å². The van der Waals surface area contributed by atoms with Crippen molar-refractivity contribution in [3.63, 3.8) is 0 Å². The van der Waals surface area contributed by atoms with Gasteiger partial charge in [-0.15, -0.1) is 0 Å². The topological polar surface area (TPSA) is 34.9 Å². The van der Waals surface area contributed by atoms with E-state index in [1.807, 2.05) is 0 Å². The van der Waals surface area contributed by atoms with E-state index >= 15 is 0 Å². The molecule has 2 aromatic carbocycles. The predicted octanol–water partition coefficient (Wildman–Crippen LogP) is 3.00. The normalized spacial score (nSPS) is 10.8. The number of hydrogen-bond acceptors (Lipinski definition) is 2. The van der Waals surface area contributed by atoms with Crippen molar-refractivity contribution in [3.8, 4) is 0 Å². The minimum absolute atomic E-state index is 0.0550. The molecule has 0 amide bonds. The smallest absolute Gasteiger partial charge is 0.263 e. The number of rotatable bonds is 1.